The molecular weight excluding hydrogens is 207 g/mol. The molecule has 1 aliphatic rings. The molecule has 0 aromatic heterocycles. The standard InChI is InChI=1S/C12H17FN2O/c13-6-9-1-2-11(12(16)5-9)15-8-10-3-4-14-7-10/h1-2,5,10,14-16H,3-4,6-8H2. The van der Waals surface area contributed by atoms with Gasteiger partial charge in [0.25, 0.3) is 0 Å². The van der Waals surface area contributed by atoms with Crippen molar-refractivity contribution in [2.75, 3.05) is 25.0 Å². The summed E-state index contributed by atoms with van der Waals surface area (Å²) in [6.45, 7) is 2.39. The Labute approximate surface area is 94.7 Å². The Morgan fingerprint density at radius 3 is 3.00 bits per heavy atom. The number of rotatable bonds is 4. The predicted octanol–water partition coefficient (Wildman–Crippen LogP) is 1.88. The summed E-state index contributed by atoms with van der Waals surface area (Å²) < 4.78 is 12.3. The summed E-state index contributed by atoms with van der Waals surface area (Å²) in [5, 5.41) is 16.1. The van der Waals surface area contributed by atoms with Gasteiger partial charge in [0.2, 0.25) is 0 Å². The van der Waals surface area contributed by atoms with Gasteiger partial charge >= 0.3 is 0 Å². The normalized spacial score (nSPS) is 19.9. The van der Waals surface area contributed by atoms with E-state index < -0.39 is 6.67 Å². The van der Waals surface area contributed by atoms with Gasteiger partial charge in [0, 0.05) is 6.54 Å². The van der Waals surface area contributed by atoms with Gasteiger partial charge in [-0.15, -0.1) is 0 Å². The van der Waals surface area contributed by atoms with Crippen LogP contribution in [0.25, 0.3) is 0 Å². The summed E-state index contributed by atoms with van der Waals surface area (Å²) in [6, 6.07) is 4.89. The number of phenolic OH excluding ortho intramolecular Hbond substituents is 1. The Hall–Kier alpha value is -1.29. The highest BCUT2D eigenvalue weighted by molar-refractivity contribution is 5.56. The van der Waals surface area contributed by atoms with Gasteiger partial charge in [-0.1, -0.05) is 6.07 Å². The molecule has 0 amide bonds. The van der Waals surface area contributed by atoms with Crippen LogP contribution in [0.2, 0.25) is 0 Å². The van der Waals surface area contributed by atoms with E-state index in [4.69, 9.17) is 0 Å². The van der Waals surface area contributed by atoms with Crippen LogP contribution in [-0.4, -0.2) is 24.7 Å². The van der Waals surface area contributed by atoms with E-state index in [1.54, 1.807) is 12.1 Å². The minimum absolute atomic E-state index is 0.126. The quantitative estimate of drug-likeness (QED) is 0.684. The summed E-state index contributed by atoms with van der Waals surface area (Å²) in [4.78, 5) is 0. The van der Waals surface area contributed by atoms with Crippen molar-refractivity contribution >= 4 is 5.69 Å². The first-order chi connectivity index (χ1) is 7.79. The average Bonchev–Trinajstić information content (AvgIpc) is 2.80. The monoisotopic (exact) mass is 224 g/mol. The molecule has 1 atom stereocenters. The zero-order valence-corrected chi connectivity index (χ0v) is 9.17. The third-order valence-electron chi connectivity index (χ3n) is 2.96. The highest BCUT2D eigenvalue weighted by Gasteiger charge is 2.14. The number of alkyl halides is 1. The fourth-order valence-electron chi connectivity index (χ4n) is 1.95. The number of hydrogen-bond donors (Lipinski definition) is 3. The van der Waals surface area contributed by atoms with Crippen LogP contribution in [0.4, 0.5) is 10.1 Å². The first kappa shape index (κ1) is 11.2. The fraction of sp³-hybridized carbons (Fsp3) is 0.500. The first-order valence-electron chi connectivity index (χ1n) is 5.62. The smallest absolute Gasteiger partial charge is 0.139 e. The molecule has 0 radical (unpaired) electrons. The molecule has 1 saturated heterocycles. The summed E-state index contributed by atoms with van der Waals surface area (Å²) in [5.41, 5.74) is 1.19. The molecule has 4 heteroatoms. The summed E-state index contributed by atoms with van der Waals surface area (Å²) in [7, 11) is 0. The van der Waals surface area contributed by atoms with Crippen molar-refractivity contribution in [1.82, 2.24) is 5.32 Å². The molecule has 1 unspecified atom stereocenters. The number of anilines is 1. The Kier molecular flexibility index (Phi) is 3.62. The van der Waals surface area contributed by atoms with E-state index >= 15 is 0 Å². The largest absolute Gasteiger partial charge is 0.506 e. The van der Waals surface area contributed by atoms with E-state index in [1.165, 1.54) is 6.07 Å². The van der Waals surface area contributed by atoms with Gasteiger partial charge in [-0.25, -0.2) is 4.39 Å². The zero-order chi connectivity index (χ0) is 11.4. The van der Waals surface area contributed by atoms with E-state index in [9.17, 15) is 9.50 Å². The van der Waals surface area contributed by atoms with E-state index in [0.29, 0.717) is 17.2 Å². The van der Waals surface area contributed by atoms with Gasteiger partial charge in [-0.2, -0.15) is 0 Å². The van der Waals surface area contributed by atoms with Crippen molar-refractivity contribution in [3.8, 4) is 5.75 Å². The van der Waals surface area contributed by atoms with Crippen molar-refractivity contribution in [3.63, 3.8) is 0 Å². The Morgan fingerprint density at radius 1 is 1.50 bits per heavy atom. The molecule has 1 aliphatic heterocycles. The van der Waals surface area contributed by atoms with Crippen LogP contribution in [0.15, 0.2) is 18.2 Å². The molecule has 0 aliphatic carbocycles. The molecule has 16 heavy (non-hydrogen) atoms. The van der Waals surface area contributed by atoms with Gasteiger partial charge in [0.1, 0.15) is 12.4 Å². The zero-order valence-electron chi connectivity index (χ0n) is 9.17. The maximum Gasteiger partial charge on any atom is 0.139 e. The molecule has 3 nitrogen and oxygen atoms in total. The van der Waals surface area contributed by atoms with E-state index in [0.717, 1.165) is 26.1 Å². The van der Waals surface area contributed by atoms with Crippen molar-refractivity contribution in [2.24, 2.45) is 5.92 Å². The molecule has 0 bridgehead atoms. The minimum atomic E-state index is -0.541. The molecule has 1 aromatic carbocycles. The second-order valence-electron chi connectivity index (χ2n) is 4.22. The maximum absolute atomic E-state index is 12.3. The lowest BCUT2D eigenvalue weighted by Crippen LogP contribution is -2.17. The summed E-state index contributed by atoms with van der Waals surface area (Å²) in [6.07, 6.45) is 1.16. The van der Waals surface area contributed by atoms with Gasteiger partial charge in [-0.3, -0.25) is 0 Å². The van der Waals surface area contributed by atoms with E-state index in [2.05, 4.69) is 10.6 Å². The van der Waals surface area contributed by atoms with Gasteiger partial charge in [0.05, 0.1) is 5.69 Å². The van der Waals surface area contributed by atoms with Crippen molar-refractivity contribution in [3.05, 3.63) is 23.8 Å². The van der Waals surface area contributed by atoms with Crippen LogP contribution in [0.1, 0.15) is 12.0 Å². The van der Waals surface area contributed by atoms with E-state index in [-0.39, 0.29) is 5.75 Å². The van der Waals surface area contributed by atoms with E-state index in [1.807, 2.05) is 0 Å². The first-order valence-corrected chi connectivity index (χ1v) is 5.62. The molecule has 88 valence electrons. The Morgan fingerprint density at radius 2 is 2.38 bits per heavy atom. The Bertz CT molecular complexity index is 351. The molecule has 1 fully saturated rings. The predicted molar refractivity (Wildman–Crippen MR) is 62.4 cm³/mol. The number of halogens is 1. The van der Waals surface area contributed by atoms with Crippen molar-refractivity contribution in [1.29, 1.82) is 0 Å². The second kappa shape index (κ2) is 5.16. The average molecular weight is 224 g/mol. The fourth-order valence-corrected chi connectivity index (χ4v) is 1.95. The highest BCUT2D eigenvalue weighted by atomic mass is 19.1. The number of nitrogens with one attached hydrogen (secondary N) is 2. The van der Waals surface area contributed by atoms with Crippen molar-refractivity contribution < 1.29 is 9.50 Å². The van der Waals surface area contributed by atoms with Crippen LogP contribution in [0, 0.1) is 5.92 Å². The molecule has 2 rings (SSSR count). The lowest BCUT2D eigenvalue weighted by atomic mass is 10.1. The third kappa shape index (κ3) is 2.64. The summed E-state index contributed by atoms with van der Waals surface area (Å²) in [5.74, 6) is 0.737. The maximum atomic E-state index is 12.3. The molecule has 0 saturated carbocycles. The third-order valence-corrected chi connectivity index (χ3v) is 2.96. The lowest BCUT2D eigenvalue weighted by molar-refractivity contribution is 0.463. The lowest BCUT2D eigenvalue weighted by Gasteiger charge is -2.12. The van der Waals surface area contributed by atoms with Crippen LogP contribution < -0.4 is 10.6 Å². The van der Waals surface area contributed by atoms with Gasteiger partial charge < -0.3 is 15.7 Å². The number of aromatic hydroxyl groups is 1. The molecule has 1 aromatic rings. The van der Waals surface area contributed by atoms with Crippen LogP contribution in [0.3, 0.4) is 0 Å². The van der Waals surface area contributed by atoms with Crippen molar-refractivity contribution in [2.45, 2.75) is 13.1 Å². The highest BCUT2D eigenvalue weighted by Crippen LogP contribution is 2.25. The molecule has 0 spiro atoms. The van der Waals surface area contributed by atoms with Gasteiger partial charge in [-0.05, 0) is 43.1 Å². The van der Waals surface area contributed by atoms with Crippen LogP contribution >= 0.6 is 0 Å². The molecular formula is C12H17FN2O. The number of hydrogen-bond acceptors (Lipinski definition) is 3. The Balaban J connectivity index is 1.93. The number of benzene rings is 1. The van der Waals surface area contributed by atoms with Gasteiger partial charge in [0.15, 0.2) is 0 Å². The topological polar surface area (TPSA) is 44.3 Å². The van der Waals surface area contributed by atoms with Crippen LogP contribution in [0.5, 0.6) is 5.75 Å². The second-order valence-corrected chi connectivity index (χ2v) is 4.22. The summed E-state index contributed by atoms with van der Waals surface area (Å²) >= 11 is 0. The van der Waals surface area contributed by atoms with Crippen LogP contribution in [-0.2, 0) is 6.67 Å². The molecule has 3 N–H and O–H groups in total. The molecule has 1 heterocycles. The number of phenols is 1. The minimum Gasteiger partial charge on any atom is -0.506 e. The SMILES string of the molecule is Oc1cc(CF)ccc1NCC1CCNC1.